The molecule has 1 aromatic heterocycles. The maximum absolute atomic E-state index is 12.0. The molecular weight excluding hydrogens is 212 g/mol. The SMILES string of the molecule is Cc1ccc2c(C)c(C(=O)NC(C)C)[nH]c2c1. The highest BCUT2D eigenvalue weighted by molar-refractivity contribution is 6.01. The largest absolute Gasteiger partial charge is 0.350 e. The third-order valence-corrected chi connectivity index (χ3v) is 2.86. The van der Waals surface area contributed by atoms with Crippen LogP contribution in [0.15, 0.2) is 18.2 Å². The summed E-state index contributed by atoms with van der Waals surface area (Å²) < 4.78 is 0. The van der Waals surface area contributed by atoms with Gasteiger partial charge < -0.3 is 10.3 Å². The minimum absolute atomic E-state index is 0.0358. The first-order valence-electron chi connectivity index (χ1n) is 5.89. The molecule has 0 spiro atoms. The second-order valence-corrected chi connectivity index (χ2v) is 4.80. The highest BCUT2D eigenvalue weighted by Gasteiger charge is 2.14. The number of hydrogen-bond donors (Lipinski definition) is 2. The van der Waals surface area contributed by atoms with Crippen LogP contribution in [0.1, 0.15) is 35.5 Å². The lowest BCUT2D eigenvalue weighted by Crippen LogP contribution is -2.30. The number of nitrogens with one attached hydrogen (secondary N) is 2. The highest BCUT2D eigenvalue weighted by Crippen LogP contribution is 2.22. The van der Waals surface area contributed by atoms with Gasteiger partial charge in [-0.05, 0) is 44.9 Å². The third-order valence-electron chi connectivity index (χ3n) is 2.86. The van der Waals surface area contributed by atoms with E-state index in [0.29, 0.717) is 5.69 Å². The zero-order chi connectivity index (χ0) is 12.6. The molecule has 0 unspecified atom stereocenters. The van der Waals surface area contributed by atoms with Crippen molar-refractivity contribution in [3.05, 3.63) is 35.0 Å². The van der Waals surface area contributed by atoms with E-state index in [1.165, 1.54) is 5.56 Å². The highest BCUT2D eigenvalue weighted by atomic mass is 16.1. The van der Waals surface area contributed by atoms with Crippen molar-refractivity contribution < 1.29 is 4.79 Å². The van der Waals surface area contributed by atoms with Crippen LogP contribution in [0, 0.1) is 13.8 Å². The zero-order valence-electron chi connectivity index (χ0n) is 10.7. The van der Waals surface area contributed by atoms with E-state index in [4.69, 9.17) is 0 Å². The molecule has 1 amide bonds. The van der Waals surface area contributed by atoms with Gasteiger partial charge >= 0.3 is 0 Å². The number of carbonyl (C=O) groups excluding carboxylic acids is 1. The van der Waals surface area contributed by atoms with E-state index < -0.39 is 0 Å². The Labute approximate surface area is 101 Å². The van der Waals surface area contributed by atoms with Gasteiger partial charge in [0.15, 0.2) is 0 Å². The molecule has 17 heavy (non-hydrogen) atoms. The Bertz CT molecular complexity index is 567. The Morgan fingerprint density at radius 2 is 2.00 bits per heavy atom. The zero-order valence-corrected chi connectivity index (χ0v) is 10.7. The Hall–Kier alpha value is -1.77. The molecule has 0 radical (unpaired) electrons. The summed E-state index contributed by atoms with van der Waals surface area (Å²) in [4.78, 5) is 15.2. The maximum Gasteiger partial charge on any atom is 0.268 e. The summed E-state index contributed by atoms with van der Waals surface area (Å²) in [6.07, 6.45) is 0. The first-order valence-corrected chi connectivity index (χ1v) is 5.89. The second-order valence-electron chi connectivity index (χ2n) is 4.80. The number of amides is 1. The van der Waals surface area contributed by atoms with Gasteiger partial charge in [0.1, 0.15) is 5.69 Å². The number of rotatable bonds is 2. The number of aromatic nitrogens is 1. The fourth-order valence-corrected chi connectivity index (χ4v) is 2.01. The van der Waals surface area contributed by atoms with Crippen LogP contribution >= 0.6 is 0 Å². The summed E-state index contributed by atoms with van der Waals surface area (Å²) in [5.41, 5.74) is 3.89. The van der Waals surface area contributed by atoms with Crippen molar-refractivity contribution in [1.29, 1.82) is 0 Å². The van der Waals surface area contributed by atoms with Crippen molar-refractivity contribution in [3.63, 3.8) is 0 Å². The van der Waals surface area contributed by atoms with Gasteiger partial charge in [-0.15, -0.1) is 0 Å². The number of aromatic amines is 1. The first kappa shape index (κ1) is 11.7. The monoisotopic (exact) mass is 230 g/mol. The van der Waals surface area contributed by atoms with Gasteiger partial charge in [0.2, 0.25) is 0 Å². The van der Waals surface area contributed by atoms with Crippen LogP contribution in [0.5, 0.6) is 0 Å². The van der Waals surface area contributed by atoms with Crippen LogP contribution in [0.2, 0.25) is 0 Å². The Morgan fingerprint density at radius 1 is 1.29 bits per heavy atom. The summed E-state index contributed by atoms with van der Waals surface area (Å²) in [6, 6.07) is 6.33. The topological polar surface area (TPSA) is 44.9 Å². The first-order chi connectivity index (χ1) is 7.99. The average Bonchev–Trinajstić information content (AvgIpc) is 2.54. The van der Waals surface area contributed by atoms with Gasteiger partial charge in [-0.2, -0.15) is 0 Å². The predicted molar refractivity (Wildman–Crippen MR) is 70.4 cm³/mol. The number of fused-ring (bicyclic) bond motifs is 1. The molecule has 1 aromatic carbocycles. The summed E-state index contributed by atoms with van der Waals surface area (Å²) in [5.74, 6) is -0.0358. The lowest BCUT2D eigenvalue weighted by molar-refractivity contribution is 0.0938. The van der Waals surface area contributed by atoms with Crippen molar-refractivity contribution >= 4 is 16.8 Å². The van der Waals surface area contributed by atoms with Crippen molar-refractivity contribution in [2.75, 3.05) is 0 Å². The maximum atomic E-state index is 12.0. The van der Waals surface area contributed by atoms with Crippen molar-refractivity contribution in [3.8, 4) is 0 Å². The van der Waals surface area contributed by atoms with E-state index in [2.05, 4.69) is 28.5 Å². The normalized spacial score (nSPS) is 11.1. The van der Waals surface area contributed by atoms with Crippen LogP contribution < -0.4 is 5.32 Å². The van der Waals surface area contributed by atoms with Gasteiger partial charge in [0.25, 0.3) is 5.91 Å². The lowest BCUT2D eigenvalue weighted by atomic mass is 10.1. The van der Waals surface area contributed by atoms with Crippen molar-refractivity contribution in [2.24, 2.45) is 0 Å². The number of H-pyrrole nitrogens is 1. The third kappa shape index (κ3) is 2.18. The van der Waals surface area contributed by atoms with E-state index in [1.54, 1.807) is 0 Å². The molecule has 0 bridgehead atoms. The molecule has 1 heterocycles. The van der Waals surface area contributed by atoms with Gasteiger partial charge in [-0.25, -0.2) is 0 Å². The minimum atomic E-state index is -0.0358. The molecule has 3 nitrogen and oxygen atoms in total. The van der Waals surface area contributed by atoms with Crippen LogP contribution in [0.4, 0.5) is 0 Å². The Morgan fingerprint density at radius 3 is 2.65 bits per heavy atom. The molecular formula is C14H18N2O. The number of aryl methyl sites for hydroxylation is 2. The summed E-state index contributed by atoms with van der Waals surface area (Å²) in [5, 5.41) is 4.02. The molecule has 3 heteroatoms. The molecule has 0 aliphatic heterocycles. The smallest absolute Gasteiger partial charge is 0.268 e. The van der Waals surface area contributed by atoms with Crippen LogP contribution in [0.25, 0.3) is 10.9 Å². The van der Waals surface area contributed by atoms with E-state index in [1.807, 2.05) is 27.7 Å². The Balaban J connectivity index is 2.48. The fraction of sp³-hybridized carbons (Fsp3) is 0.357. The molecule has 0 fully saturated rings. The molecule has 0 atom stereocenters. The van der Waals surface area contributed by atoms with E-state index in [0.717, 1.165) is 16.5 Å². The molecule has 0 aliphatic carbocycles. The minimum Gasteiger partial charge on any atom is -0.350 e. The average molecular weight is 230 g/mol. The van der Waals surface area contributed by atoms with Gasteiger partial charge in [0, 0.05) is 16.9 Å². The quantitative estimate of drug-likeness (QED) is 0.818. The fourth-order valence-electron chi connectivity index (χ4n) is 2.01. The lowest BCUT2D eigenvalue weighted by Gasteiger charge is -2.07. The summed E-state index contributed by atoms with van der Waals surface area (Å²) >= 11 is 0. The molecule has 0 saturated carbocycles. The van der Waals surface area contributed by atoms with Gasteiger partial charge in [0.05, 0.1) is 0 Å². The Kier molecular flexibility index (Phi) is 2.92. The number of carbonyl (C=O) groups is 1. The van der Waals surface area contributed by atoms with Gasteiger partial charge in [-0.3, -0.25) is 4.79 Å². The van der Waals surface area contributed by atoms with E-state index >= 15 is 0 Å². The van der Waals surface area contributed by atoms with Crippen LogP contribution in [0.3, 0.4) is 0 Å². The molecule has 2 rings (SSSR count). The van der Waals surface area contributed by atoms with Crippen LogP contribution in [-0.2, 0) is 0 Å². The van der Waals surface area contributed by atoms with E-state index in [-0.39, 0.29) is 11.9 Å². The molecule has 2 N–H and O–H groups in total. The van der Waals surface area contributed by atoms with Gasteiger partial charge in [-0.1, -0.05) is 12.1 Å². The molecule has 0 aliphatic rings. The molecule has 90 valence electrons. The van der Waals surface area contributed by atoms with Crippen molar-refractivity contribution in [2.45, 2.75) is 33.7 Å². The van der Waals surface area contributed by atoms with E-state index in [9.17, 15) is 4.79 Å². The standard InChI is InChI=1S/C14H18N2O/c1-8(2)15-14(17)13-10(4)11-6-5-9(3)7-12(11)16-13/h5-8,16H,1-4H3,(H,15,17). The summed E-state index contributed by atoms with van der Waals surface area (Å²) in [6.45, 7) is 7.94. The number of benzene rings is 1. The predicted octanol–water partition coefficient (Wildman–Crippen LogP) is 2.92. The second kappa shape index (κ2) is 4.24. The number of hydrogen-bond acceptors (Lipinski definition) is 1. The summed E-state index contributed by atoms with van der Waals surface area (Å²) in [7, 11) is 0. The van der Waals surface area contributed by atoms with Crippen LogP contribution in [-0.4, -0.2) is 16.9 Å². The van der Waals surface area contributed by atoms with Crippen molar-refractivity contribution in [1.82, 2.24) is 10.3 Å². The molecule has 0 saturated heterocycles. The molecule has 2 aromatic rings.